The van der Waals surface area contributed by atoms with Crippen molar-refractivity contribution in [1.29, 1.82) is 0 Å². The third-order valence-electron chi connectivity index (χ3n) is 11.3. The third kappa shape index (κ3) is 8.64. The van der Waals surface area contributed by atoms with Gasteiger partial charge in [-0.05, 0) is 22.2 Å². The number of imidazole rings is 1. The number of sulfone groups is 1. The number of halogens is 3. The van der Waals surface area contributed by atoms with Crippen LogP contribution < -0.4 is 5.73 Å². The van der Waals surface area contributed by atoms with Gasteiger partial charge in [0.2, 0.25) is 20.6 Å². The van der Waals surface area contributed by atoms with E-state index in [0.717, 1.165) is 0 Å². The van der Waals surface area contributed by atoms with Crippen molar-refractivity contribution in [3.05, 3.63) is 12.2 Å². The molecule has 0 amide bonds. The van der Waals surface area contributed by atoms with Gasteiger partial charge in [-0.2, -0.15) is 13.2 Å². The Balaban J connectivity index is 2.32. The van der Waals surface area contributed by atoms with Crippen LogP contribution in [-0.4, -0.2) is 95.0 Å². The quantitative estimate of drug-likeness (QED) is 0.0696. The molecule has 1 aliphatic heterocycles. The maximum Gasteiger partial charge on any atom is 0.500 e. The monoisotopic (exact) mass is 885 g/mol. The standard InChI is InChI=1S/C35H66F3N5O8SSi4/c1-19(2)53(20(3)4)55(23(9)10,24(11)12)50-47-17-27-29(49-51-56(25(13)14,26(15)16)54(21(5)6)22(7)8)34(44,52(45,46)35(36,37)38)30(48-27)33-42-31(39)28-32(43-33)41-18-40-28/h18-27,29-30,44H,17H2,1-16H3,(H3,39,40,41,42,43)/t27-,29-,30+,34-/m1/s1. The number of hydrogen-bond donors (Lipinski definition) is 3. The number of nitrogens with one attached hydrogen (secondary N) is 1. The number of fused-ring (bicyclic) bond motifs is 1. The second-order valence-corrected chi connectivity index (χ2v) is 42.4. The first-order chi connectivity index (χ1) is 25.6. The number of H-pyrrole nitrogens is 1. The van der Waals surface area contributed by atoms with E-state index in [-0.39, 0.29) is 50.2 Å². The van der Waals surface area contributed by atoms with Gasteiger partial charge in [0.05, 0.1) is 23.0 Å². The van der Waals surface area contributed by atoms with Crippen LogP contribution in [0.25, 0.3) is 11.2 Å². The number of aromatic nitrogens is 4. The number of nitrogens with zero attached hydrogens (tertiary/aromatic N) is 3. The van der Waals surface area contributed by atoms with Gasteiger partial charge in [-0.25, -0.2) is 33.1 Å². The normalized spacial score (nSPS) is 22.1. The maximum atomic E-state index is 14.9. The van der Waals surface area contributed by atoms with Gasteiger partial charge in [0.1, 0.15) is 18.2 Å². The fraction of sp³-hybridized carbons (Fsp3) is 0.857. The van der Waals surface area contributed by atoms with E-state index in [1.165, 1.54) is 6.33 Å². The van der Waals surface area contributed by atoms with E-state index >= 15 is 0 Å². The molecule has 56 heavy (non-hydrogen) atoms. The van der Waals surface area contributed by atoms with Crippen LogP contribution in [0, 0.1) is 0 Å². The first-order valence-electron chi connectivity index (χ1n) is 19.6. The first kappa shape index (κ1) is 49.1. The molecule has 1 aliphatic rings. The predicted molar refractivity (Wildman–Crippen MR) is 220 cm³/mol. The number of rotatable bonds is 19. The number of hydrogen-bond acceptors (Lipinski definition) is 12. The summed E-state index contributed by atoms with van der Waals surface area (Å²) in [6, 6.07) is 0. The highest BCUT2D eigenvalue weighted by Gasteiger charge is 2.74. The molecule has 0 bridgehead atoms. The summed E-state index contributed by atoms with van der Waals surface area (Å²) in [5.41, 5.74) is 1.16. The lowest BCUT2D eigenvalue weighted by molar-refractivity contribution is -0.300. The molecule has 2 radical (unpaired) electrons. The molecule has 1 saturated heterocycles. The van der Waals surface area contributed by atoms with Crippen LogP contribution in [0.1, 0.15) is 123 Å². The molecular formula is C35H66F3N5O8SSi4. The Labute approximate surface area is 336 Å². The molecule has 322 valence electrons. The van der Waals surface area contributed by atoms with E-state index in [1.807, 2.05) is 27.7 Å². The van der Waals surface area contributed by atoms with Gasteiger partial charge in [0.25, 0.3) is 9.84 Å². The van der Waals surface area contributed by atoms with Crippen molar-refractivity contribution in [3.63, 3.8) is 0 Å². The summed E-state index contributed by atoms with van der Waals surface area (Å²) in [4.78, 5) is 23.5. The van der Waals surface area contributed by atoms with Gasteiger partial charge in [-0.1, -0.05) is 133 Å². The molecule has 2 aromatic rings. The van der Waals surface area contributed by atoms with Gasteiger partial charge >= 0.3 is 5.51 Å². The minimum absolute atomic E-state index is 0.0755. The van der Waals surface area contributed by atoms with Crippen LogP contribution in [0.4, 0.5) is 19.0 Å². The van der Waals surface area contributed by atoms with Crippen molar-refractivity contribution in [2.75, 3.05) is 12.3 Å². The van der Waals surface area contributed by atoms with Crippen LogP contribution in [-0.2, 0) is 33.5 Å². The Hall–Kier alpha value is -1.28. The average Bonchev–Trinajstić information content (AvgIpc) is 3.63. The summed E-state index contributed by atoms with van der Waals surface area (Å²) in [5, 5.41) is 12.5. The first-order valence-corrected chi connectivity index (χ1v) is 30.5. The minimum atomic E-state index is -6.57. The topological polar surface area (TPSA) is 181 Å². The second kappa shape index (κ2) is 18.1. The van der Waals surface area contributed by atoms with Gasteiger partial charge in [-0.3, -0.25) is 9.15 Å². The van der Waals surface area contributed by atoms with Crippen molar-refractivity contribution in [1.82, 2.24) is 19.9 Å². The molecule has 2 aromatic heterocycles. The number of ether oxygens (including phenoxy) is 1. The Kier molecular flexibility index (Phi) is 15.9. The lowest BCUT2D eigenvalue weighted by Crippen LogP contribution is -2.64. The zero-order valence-electron chi connectivity index (χ0n) is 35.9. The van der Waals surface area contributed by atoms with E-state index in [4.69, 9.17) is 29.4 Å². The van der Waals surface area contributed by atoms with Crippen molar-refractivity contribution in [2.45, 2.75) is 184 Å². The molecular weight excluding hydrogens is 820 g/mol. The van der Waals surface area contributed by atoms with Crippen LogP contribution in [0.3, 0.4) is 0 Å². The molecule has 0 unspecified atom stereocenters. The molecule has 3 rings (SSSR count). The van der Waals surface area contributed by atoms with Crippen LogP contribution in [0.15, 0.2) is 6.33 Å². The van der Waals surface area contributed by atoms with Crippen LogP contribution in [0.2, 0.25) is 44.3 Å². The van der Waals surface area contributed by atoms with E-state index in [0.29, 0.717) is 11.1 Å². The highest BCUT2D eigenvalue weighted by molar-refractivity contribution is 7.93. The Morgan fingerprint density at radius 3 is 1.70 bits per heavy atom. The largest absolute Gasteiger partial charge is 0.500 e. The molecule has 0 aliphatic carbocycles. The SMILES string of the molecule is CC(C)[Si](C(C)C)[Si](OOC[C@H]1O[C@@H](c2nc(N)c3[nH]cnc3n2)[C@](O)(S(=O)(=O)C(F)(F)F)[C@@H]1OO[Si](C(C)C)(C(C)C)[Si](C(C)C)C(C)C)(C(C)C)C(C)C. The molecule has 4 atom stereocenters. The summed E-state index contributed by atoms with van der Waals surface area (Å²) < 4.78 is 91.7. The number of nitrogen functional groups attached to an aromatic ring is 1. The van der Waals surface area contributed by atoms with Gasteiger partial charge in [0.15, 0.2) is 29.5 Å². The summed E-state index contributed by atoms with van der Waals surface area (Å²) in [7, 11) is -15.2. The number of nitrogens with two attached hydrogens (primary N) is 1. The lowest BCUT2D eigenvalue weighted by atomic mass is 10.1. The van der Waals surface area contributed by atoms with Crippen molar-refractivity contribution in [3.8, 4) is 0 Å². The number of anilines is 1. The summed E-state index contributed by atoms with van der Waals surface area (Å²) in [5.74, 6) is -0.888. The molecule has 3 heterocycles. The smallest absolute Gasteiger partial charge is 0.382 e. The van der Waals surface area contributed by atoms with Crippen molar-refractivity contribution < 1.29 is 50.4 Å². The number of alkyl halides is 3. The zero-order valence-corrected chi connectivity index (χ0v) is 40.7. The van der Waals surface area contributed by atoms with Gasteiger partial charge < -0.3 is 20.6 Å². The third-order valence-corrected chi connectivity index (χ3v) is 47.4. The fourth-order valence-electron chi connectivity index (χ4n) is 9.35. The highest BCUT2D eigenvalue weighted by atomic mass is 32.2. The average molecular weight is 886 g/mol. The van der Waals surface area contributed by atoms with E-state index in [1.54, 1.807) is 0 Å². The molecule has 13 nitrogen and oxygen atoms in total. The Morgan fingerprint density at radius 1 is 0.839 bits per heavy atom. The molecule has 21 heteroatoms. The second-order valence-electron chi connectivity index (χ2n) is 17.5. The summed E-state index contributed by atoms with van der Waals surface area (Å²) in [6.07, 6.45) is -5.10. The highest BCUT2D eigenvalue weighted by Crippen LogP contribution is 2.52. The van der Waals surface area contributed by atoms with Gasteiger partial charge in [-0.15, -0.1) is 0 Å². The van der Waals surface area contributed by atoms with Gasteiger partial charge in [0, 0.05) is 0 Å². The van der Waals surface area contributed by atoms with E-state index < -0.39 is 83.3 Å². The summed E-state index contributed by atoms with van der Waals surface area (Å²) in [6.45, 7) is 32.8. The van der Waals surface area contributed by atoms with Crippen molar-refractivity contribution >= 4 is 59.1 Å². The van der Waals surface area contributed by atoms with Crippen LogP contribution >= 0.6 is 0 Å². The molecule has 0 spiro atoms. The van der Waals surface area contributed by atoms with E-state index in [9.17, 15) is 26.7 Å². The Morgan fingerprint density at radius 2 is 1.29 bits per heavy atom. The molecule has 0 saturated carbocycles. The molecule has 0 aromatic carbocycles. The lowest BCUT2D eigenvalue weighted by Gasteiger charge is -2.47. The Bertz CT molecular complexity index is 1690. The molecule has 4 N–H and O–H groups in total. The van der Waals surface area contributed by atoms with E-state index in [2.05, 4.69) is 103 Å². The molecule has 1 fully saturated rings. The summed E-state index contributed by atoms with van der Waals surface area (Å²) >= 11 is 0. The minimum Gasteiger partial charge on any atom is -0.382 e. The maximum absolute atomic E-state index is 14.9. The fourth-order valence-corrected chi connectivity index (χ4v) is 43.5. The van der Waals surface area contributed by atoms with Crippen molar-refractivity contribution in [2.24, 2.45) is 0 Å². The zero-order chi connectivity index (χ0) is 43.1. The predicted octanol–water partition coefficient (Wildman–Crippen LogP) is 8.58. The number of aromatic amines is 1. The number of aliphatic hydroxyl groups is 1. The van der Waals surface area contributed by atoms with Crippen LogP contribution in [0.5, 0.6) is 0 Å².